The predicted octanol–water partition coefficient (Wildman–Crippen LogP) is -0.305. The number of aromatic nitrogens is 1. The standard InChI is InChI=1S/C11H14N4O3/c12-10(15-17)7-1-2-9(13-5-7)11(16)14-8-3-4-18-6-8/h1-2,5,8,17H,3-4,6H2,(H2,12,15)(H,14,16). The Morgan fingerprint density at radius 2 is 2.44 bits per heavy atom. The third kappa shape index (κ3) is 2.75. The second kappa shape index (κ2) is 5.46. The number of nitrogens with two attached hydrogens (primary N) is 1. The van der Waals surface area contributed by atoms with Crippen LogP contribution in [-0.4, -0.2) is 41.2 Å². The topological polar surface area (TPSA) is 110 Å². The fourth-order valence-corrected chi connectivity index (χ4v) is 1.65. The number of hydrogen-bond acceptors (Lipinski definition) is 5. The number of rotatable bonds is 3. The third-order valence-electron chi connectivity index (χ3n) is 2.66. The maximum absolute atomic E-state index is 11.8. The van der Waals surface area contributed by atoms with E-state index in [0.29, 0.717) is 18.8 Å². The molecule has 0 bridgehead atoms. The van der Waals surface area contributed by atoms with E-state index >= 15 is 0 Å². The summed E-state index contributed by atoms with van der Waals surface area (Å²) >= 11 is 0. The molecule has 7 nitrogen and oxygen atoms in total. The van der Waals surface area contributed by atoms with Gasteiger partial charge in [0, 0.05) is 18.4 Å². The van der Waals surface area contributed by atoms with Gasteiger partial charge in [0.25, 0.3) is 5.91 Å². The van der Waals surface area contributed by atoms with Crippen molar-refractivity contribution in [2.45, 2.75) is 12.5 Å². The first-order chi connectivity index (χ1) is 8.70. The number of pyridine rings is 1. The third-order valence-corrected chi connectivity index (χ3v) is 2.66. The lowest BCUT2D eigenvalue weighted by atomic mass is 10.2. The molecule has 0 spiro atoms. The summed E-state index contributed by atoms with van der Waals surface area (Å²) in [5.74, 6) is -0.296. The highest BCUT2D eigenvalue weighted by atomic mass is 16.5. The van der Waals surface area contributed by atoms with Crippen molar-refractivity contribution in [3.63, 3.8) is 0 Å². The molecule has 0 saturated carbocycles. The highest BCUT2D eigenvalue weighted by Crippen LogP contribution is 2.05. The summed E-state index contributed by atoms with van der Waals surface area (Å²) in [6.07, 6.45) is 2.20. The van der Waals surface area contributed by atoms with Crippen molar-refractivity contribution in [2.24, 2.45) is 10.9 Å². The number of amidine groups is 1. The Morgan fingerprint density at radius 3 is 3.00 bits per heavy atom. The number of oxime groups is 1. The molecule has 7 heteroatoms. The van der Waals surface area contributed by atoms with E-state index in [1.807, 2.05) is 0 Å². The van der Waals surface area contributed by atoms with Gasteiger partial charge in [-0.25, -0.2) is 0 Å². The Balaban J connectivity index is 2.02. The van der Waals surface area contributed by atoms with Gasteiger partial charge in [0.15, 0.2) is 5.84 Å². The SMILES string of the molecule is N/C(=N/O)c1ccc(C(=O)NC2CCOC2)nc1. The lowest BCUT2D eigenvalue weighted by molar-refractivity contribution is 0.0925. The number of amides is 1. The fourth-order valence-electron chi connectivity index (χ4n) is 1.65. The fraction of sp³-hybridized carbons (Fsp3) is 0.364. The van der Waals surface area contributed by atoms with Crippen molar-refractivity contribution in [3.05, 3.63) is 29.6 Å². The van der Waals surface area contributed by atoms with Crippen LogP contribution in [0.2, 0.25) is 0 Å². The zero-order chi connectivity index (χ0) is 13.0. The van der Waals surface area contributed by atoms with Gasteiger partial charge in [-0.2, -0.15) is 0 Å². The minimum atomic E-state index is -0.253. The zero-order valence-electron chi connectivity index (χ0n) is 9.67. The first-order valence-electron chi connectivity index (χ1n) is 5.53. The first kappa shape index (κ1) is 12.3. The molecule has 1 amide bonds. The van der Waals surface area contributed by atoms with Crippen LogP contribution >= 0.6 is 0 Å². The Kier molecular flexibility index (Phi) is 3.73. The van der Waals surface area contributed by atoms with Crippen LogP contribution in [0.5, 0.6) is 0 Å². The van der Waals surface area contributed by atoms with Gasteiger partial charge in [-0.15, -0.1) is 0 Å². The number of nitrogens with zero attached hydrogens (tertiary/aromatic N) is 2. The molecule has 1 aliphatic heterocycles. The minimum Gasteiger partial charge on any atom is -0.409 e. The van der Waals surface area contributed by atoms with Crippen LogP contribution in [0.25, 0.3) is 0 Å². The van der Waals surface area contributed by atoms with Gasteiger partial charge in [0.1, 0.15) is 5.69 Å². The lowest BCUT2D eigenvalue weighted by Gasteiger charge is -2.10. The van der Waals surface area contributed by atoms with Crippen molar-refractivity contribution in [2.75, 3.05) is 13.2 Å². The second-order valence-electron chi connectivity index (χ2n) is 3.95. The molecule has 1 aromatic rings. The highest BCUT2D eigenvalue weighted by molar-refractivity contribution is 5.98. The van der Waals surface area contributed by atoms with Crippen LogP contribution in [0.15, 0.2) is 23.5 Å². The van der Waals surface area contributed by atoms with Crippen molar-refractivity contribution in [1.82, 2.24) is 10.3 Å². The Hall–Kier alpha value is -2.15. The quantitative estimate of drug-likeness (QED) is 0.295. The number of carbonyl (C=O) groups excluding carboxylic acids is 1. The molecular formula is C11H14N4O3. The van der Waals surface area contributed by atoms with E-state index in [2.05, 4.69) is 15.5 Å². The Labute approximate surface area is 104 Å². The molecule has 1 aromatic heterocycles. The number of ether oxygens (including phenoxy) is 1. The molecule has 1 atom stereocenters. The number of nitrogens with one attached hydrogen (secondary N) is 1. The van der Waals surface area contributed by atoms with E-state index in [-0.39, 0.29) is 23.5 Å². The van der Waals surface area contributed by atoms with Crippen molar-refractivity contribution in [3.8, 4) is 0 Å². The van der Waals surface area contributed by atoms with Crippen LogP contribution in [-0.2, 0) is 4.74 Å². The Bertz CT molecular complexity index is 452. The van der Waals surface area contributed by atoms with Gasteiger partial charge in [0.05, 0.1) is 12.6 Å². The molecule has 1 saturated heterocycles. The monoisotopic (exact) mass is 250 g/mol. The largest absolute Gasteiger partial charge is 0.409 e. The second-order valence-corrected chi connectivity index (χ2v) is 3.95. The maximum atomic E-state index is 11.8. The van der Waals surface area contributed by atoms with E-state index in [1.54, 1.807) is 6.07 Å². The van der Waals surface area contributed by atoms with Gasteiger partial charge in [0.2, 0.25) is 0 Å². The van der Waals surface area contributed by atoms with Gasteiger partial charge in [-0.3, -0.25) is 9.78 Å². The summed E-state index contributed by atoms with van der Waals surface area (Å²) in [5, 5.41) is 14.2. The summed E-state index contributed by atoms with van der Waals surface area (Å²) in [5.41, 5.74) is 6.14. The summed E-state index contributed by atoms with van der Waals surface area (Å²) in [4.78, 5) is 15.8. The molecule has 0 aliphatic carbocycles. The van der Waals surface area contributed by atoms with E-state index in [0.717, 1.165) is 6.42 Å². The Morgan fingerprint density at radius 1 is 1.61 bits per heavy atom. The molecule has 18 heavy (non-hydrogen) atoms. The summed E-state index contributed by atoms with van der Waals surface area (Å²) in [7, 11) is 0. The number of carbonyl (C=O) groups is 1. The molecule has 0 aromatic carbocycles. The van der Waals surface area contributed by atoms with Gasteiger partial charge < -0.3 is 21.0 Å². The van der Waals surface area contributed by atoms with Gasteiger partial charge in [-0.1, -0.05) is 5.16 Å². The average Bonchev–Trinajstić information content (AvgIpc) is 2.91. The molecule has 2 rings (SSSR count). The first-order valence-corrected chi connectivity index (χ1v) is 5.53. The molecule has 4 N–H and O–H groups in total. The predicted molar refractivity (Wildman–Crippen MR) is 63.4 cm³/mol. The van der Waals surface area contributed by atoms with Crippen LogP contribution < -0.4 is 11.1 Å². The van der Waals surface area contributed by atoms with E-state index in [4.69, 9.17) is 15.7 Å². The van der Waals surface area contributed by atoms with Crippen molar-refractivity contribution >= 4 is 11.7 Å². The van der Waals surface area contributed by atoms with E-state index in [9.17, 15) is 4.79 Å². The average molecular weight is 250 g/mol. The van der Waals surface area contributed by atoms with Gasteiger partial charge in [-0.05, 0) is 18.6 Å². The minimum absolute atomic E-state index is 0.0429. The normalized spacial score (nSPS) is 19.8. The van der Waals surface area contributed by atoms with Crippen molar-refractivity contribution < 1.29 is 14.7 Å². The van der Waals surface area contributed by atoms with Crippen LogP contribution in [0.3, 0.4) is 0 Å². The van der Waals surface area contributed by atoms with E-state index < -0.39 is 0 Å². The van der Waals surface area contributed by atoms with Crippen molar-refractivity contribution in [1.29, 1.82) is 0 Å². The van der Waals surface area contributed by atoms with Crippen LogP contribution in [0.4, 0.5) is 0 Å². The molecular weight excluding hydrogens is 236 g/mol. The molecule has 2 heterocycles. The molecule has 0 radical (unpaired) electrons. The lowest BCUT2D eigenvalue weighted by Crippen LogP contribution is -2.35. The molecule has 96 valence electrons. The summed E-state index contributed by atoms with van der Waals surface area (Å²) < 4.78 is 5.16. The molecule has 1 fully saturated rings. The van der Waals surface area contributed by atoms with Crippen LogP contribution in [0.1, 0.15) is 22.5 Å². The highest BCUT2D eigenvalue weighted by Gasteiger charge is 2.19. The molecule has 1 unspecified atom stereocenters. The number of hydrogen-bond donors (Lipinski definition) is 3. The maximum Gasteiger partial charge on any atom is 0.270 e. The van der Waals surface area contributed by atoms with Gasteiger partial charge >= 0.3 is 0 Å². The summed E-state index contributed by atoms with van der Waals surface area (Å²) in [6.45, 7) is 1.20. The van der Waals surface area contributed by atoms with Crippen LogP contribution in [0, 0.1) is 0 Å². The smallest absolute Gasteiger partial charge is 0.270 e. The molecule has 1 aliphatic rings. The zero-order valence-corrected chi connectivity index (χ0v) is 9.67. The van der Waals surface area contributed by atoms with E-state index in [1.165, 1.54) is 12.3 Å². The summed E-state index contributed by atoms with van der Waals surface area (Å²) in [6, 6.07) is 3.14.